The number of thiol groups is 1. The number of aliphatic hydroxyl groups excluding tert-OH is 1. The van der Waals surface area contributed by atoms with Gasteiger partial charge in [-0.05, 0) is 0 Å². The highest BCUT2D eigenvalue weighted by Crippen LogP contribution is 2.03. The number of hydrogen-bond donors (Lipinski definition) is 4. The summed E-state index contributed by atoms with van der Waals surface area (Å²) in [5.74, 6) is 0. The van der Waals surface area contributed by atoms with E-state index >= 15 is 0 Å². The van der Waals surface area contributed by atoms with Gasteiger partial charge in [0.1, 0.15) is 0 Å². The first kappa shape index (κ1) is 7.23. The second-order valence-electron chi connectivity index (χ2n) is 1.35. The fourth-order valence-electron chi connectivity index (χ4n) is 0.165. The zero-order valence-electron chi connectivity index (χ0n) is 3.83. The summed E-state index contributed by atoms with van der Waals surface area (Å²) < 4.78 is 0. The van der Waals surface area contributed by atoms with Crippen LogP contribution in [-0.4, -0.2) is 21.9 Å². The third-order valence-corrected chi connectivity index (χ3v) is 0.703. The van der Waals surface area contributed by atoms with Crippen molar-refractivity contribution in [3.8, 4) is 0 Å². The molecule has 7 heavy (non-hydrogen) atoms. The van der Waals surface area contributed by atoms with Crippen molar-refractivity contribution in [2.24, 2.45) is 5.73 Å². The number of hydrogen-bond acceptors (Lipinski definition) is 4. The van der Waals surface area contributed by atoms with Crippen LogP contribution in [0.3, 0.4) is 0 Å². The predicted molar refractivity (Wildman–Crippen MR) is 29.8 cm³/mol. The lowest BCUT2D eigenvalue weighted by Crippen LogP contribution is -2.33. The normalized spacial score (nSPS) is 18.9. The zero-order valence-corrected chi connectivity index (χ0v) is 4.73. The fraction of sp³-hybridized carbons (Fsp3) is 1.00. The molecular weight excluding hydrogens is 114 g/mol. The van der Waals surface area contributed by atoms with E-state index in [4.69, 9.17) is 15.9 Å². The first-order valence-corrected chi connectivity index (χ1v) is 2.35. The van der Waals surface area contributed by atoms with E-state index in [-0.39, 0.29) is 13.0 Å². The molecule has 1 atom stereocenters. The van der Waals surface area contributed by atoms with Gasteiger partial charge < -0.3 is 10.2 Å². The first-order chi connectivity index (χ1) is 3.06. The molecule has 0 fully saturated rings. The van der Waals surface area contributed by atoms with Gasteiger partial charge in [-0.3, -0.25) is 5.73 Å². The maximum absolute atomic E-state index is 8.50. The highest BCUT2D eigenvalue weighted by Gasteiger charge is 2.11. The summed E-state index contributed by atoms with van der Waals surface area (Å²) in [6, 6.07) is 0. The summed E-state index contributed by atoms with van der Waals surface area (Å²) in [6.45, 7) is -0.142. The zero-order chi connectivity index (χ0) is 5.91. The Labute approximate surface area is 47.6 Å². The highest BCUT2D eigenvalue weighted by atomic mass is 32.1. The van der Waals surface area contributed by atoms with Gasteiger partial charge in [0.05, 0.1) is 0 Å². The molecule has 0 aliphatic rings. The van der Waals surface area contributed by atoms with Crippen LogP contribution in [0.4, 0.5) is 0 Å². The molecule has 0 spiro atoms. The molecule has 0 aromatic heterocycles. The second kappa shape index (κ2) is 2.52. The molecule has 4 heteroatoms. The van der Waals surface area contributed by atoms with Crippen LogP contribution in [0.5, 0.6) is 0 Å². The molecule has 0 bridgehead atoms. The fourth-order valence-corrected chi connectivity index (χ4v) is 0.265. The van der Waals surface area contributed by atoms with Gasteiger partial charge in [0, 0.05) is 13.0 Å². The molecule has 0 heterocycles. The minimum atomic E-state index is -1.51. The molecule has 0 aliphatic carbocycles. The molecule has 0 aliphatic heterocycles. The Bertz CT molecular complexity index is 51.4. The molecule has 0 radical (unpaired) electrons. The topological polar surface area (TPSA) is 66.5 Å². The molecule has 3 nitrogen and oxygen atoms in total. The molecule has 0 aromatic carbocycles. The van der Waals surface area contributed by atoms with Crippen LogP contribution in [-0.2, 0) is 0 Å². The van der Waals surface area contributed by atoms with Crippen LogP contribution < -0.4 is 5.73 Å². The van der Waals surface area contributed by atoms with E-state index in [0.717, 1.165) is 0 Å². The molecule has 0 saturated carbocycles. The lowest BCUT2D eigenvalue weighted by Gasteiger charge is -2.12. The van der Waals surface area contributed by atoms with Crippen LogP contribution in [0.15, 0.2) is 0 Å². The summed E-state index contributed by atoms with van der Waals surface area (Å²) in [4.78, 5) is 0. The number of rotatable bonds is 2. The van der Waals surface area contributed by atoms with E-state index in [2.05, 4.69) is 12.6 Å². The van der Waals surface area contributed by atoms with Gasteiger partial charge in [0.15, 0.2) is 5.06 Å². The quantitative estimate of drug-likeness (QED) is 0.278. The Kier molecular flexibility index (Phi) is 2.60. The Morgan fingerprint density at radius 1 is 1.71 bits per heavy atom. The van der Waals surface area contributed by atoms with E-state index in [1.54, 1.807) is 0 Å². The van der Waals surface area contributed by atoms with Crippen LogP contribution in [0, 0.1) is 0 Å². The van der Waals surface area contributed by atoms with Gasteiger partial charge in [-0.1, -0.05) is 0 Å². The van der Waals surface area contributed by atoms with E-state index < -0.39 is 5.06 Å². The maximum atomic E-state index is 8.50. The van der Waals surface area contributed by atoms with Crippen LogP contribution >= 0.6 is 12.6 Å². The van der Waals surface area contributed by atoms with Crippen molar-refractivity contribution in [3.63, 3.8) is 0 Å². The van der Waals surface area contributed by atoms with E-state index in [0.29, 0.717) is 0 Å². The van der Waals surface area contributed by atoms with Gasteiger partial charge in [0.25, 0.3) is 0 Å². The predicted octanol–water partition coefficient (Wildman–Crippen LogP) is -1.10. The molecule has 0 saturated heterocycles. The molecule has 1 unspecified atom stereocenters. The molecule has 0 rings (SSSR count). The van der Waals surface area contributed by atoms with Crippen molar-refractivity contribution in [2.75, 3.05) is 6.61 Å². The summed E-state index contributed by atoms with van der Waals surface area (Å²) in [7, 11) is 0. The first-order valence-electron chi connectivity index (χ1n) is 1.91. The lowest BCUT2D eigenvalue weighted by molar-refractivity contribution is 0.109. The van der Waals surface area contributed by atoms with Gasteiger partial charge in [0.2, 0.25) is 0 Å². The minimum absolute atomic E-state index is 0.0934. The minimum Gasteiger partial charge on any atom is -0.396 e. The lowest BCUT2D eigenvalue weighted by atomic mass is 10.4. The maximum Gasteiger partial charge on any atom is 0.161 e. The Hall–Kier alpha value is 0.230. The molecule has 0 amide bonds. The van der Waals surface area contributed by atoms with Crippen molar-refractivity contribution in [2.45, 2.75) is 11.5 Å². The molecule has 44 valence electrons. The summed E-state index contributed by atoms with van der Waals surface area (Å²) >= 11 is 3.51. The monoisotopic (exact) mass is 123 g/mol. The average Bonchev–Trinajstić information content (AvgIpc) is 1.30. The summed E-state index contributed by atoms with van der Waals surface area (Å²) in [5.41, 5.74) is 4.91. The third-order valence-electron chi connectivity index (χ3n) is 0.480. The largest absolute Gasteiger partial charge is 0.396 e. The second-order valence-corrected chi connectivity index (χ2v) is 2.13. The van der Waals surface area contributed by atoms with Crippen molar-refractivity contribution in [3.05, 3.63) is 0 Å². The SMILES string of the molecule is NC(O)(S)CCO. The van der Waals surface area contributed by atoms with Gasteiger partial charge >= 0.3 is 0 Å². The summed E-state index contributed by atoms with van der Waals surface area (Å²) in [6.07, 6.45) is 0.0934. The van der Waals surface area contributed by atoms with Crippen molar-refractivity contribution < 1.29 is 10.2 Å². The van der Waals surface area contributed by atoms with Gasteiger partial charge in [-0.25, -0.2) is 0 Å². The van der Waals surface area contributed by atoms with E-state index in [1.165, 1.54) is 0 Å². The van der Waals surface area contributed by atoms with Crippen LogP contribution in [0.2, 0.25) is 0 Å². The Morgan fingerprint density at radius 3 is 2.14 bits per heavy atom. The van der Waals surface area contributed by atoms with Gasteiger partial charge in [-0.2, -0.15) is 0 Å². The van der Waals surface area contributed by atoms with E-state index in [9.17, 15) is 0 Å². The summed E-state index contributed by atoms with van der Waals surface area (Å²) in [5, 5.41) is 15.1. The Balaban J connectivity index is 3.15. The van der Waals surface area contributed by atoms with Crippen molar-refractivity contribution >= 4 is 12.6 Å². The average molecular weight is 123 g/mol. The smallest absolute Gasteiger partial charge is 0.161 e. The molecule has 4 N–H and O–H groups in total. The molecular formula is C3H9NO2S. The van der Waals surface area contributed by atoms with Crippen molar-refractivity contribution in [1.29, 1.82) is 0 Å². The Morgan fingerprint density at radius 2 is 2.14 bits per heavy atom. The standard InChI is InChI=1S/C3H9NO2S/c4-3(6,7)1-2-5/h5-7H,1-2,4H2. The highest BCUT2D eigenvalue weighted by molar-refractivity contribution is 7.81. The van der Waals surface area contributed by atoms with Gasteiger partial charge in [-0.15, -0.1) is 12.6 Å². The van der Waals surface area contributed by atoms with Crippen molar-refractivity contribution in [1.82, 2.24) is 0 Å². The van der Waals surface area contributed by atoms with E-state index in [1.807, 2.05) is 0 Å². The number of nitrogens with two attached hydrogens (primary N) is 1. The number of aliphatic hydroxyl groups is 2. The van der Waals surface area contributed by atoms with Crippen LogP contribution in [0.1, 0.15) is 6.42 Å². The third kappa shape index (κ3) is 6.23. The van der Waals surface area contributed by atoms with Crippen LogP contribution in [0.25, 0.3) is 0 Å². The molecule has 0 aromatic rings.